The monoisotopic (exact) mass is 394 g/mol. The van der Waals surface area contributed by atoms with E-state index in [1.165, 1.54) is 12.1 Å². The molecule has 0 aliphatic carbocycles. The highest BCUT2D eigenvalue weighted by Crippen LogP contribution is 2.39. The number of hydrogen-bond donors (Lipinski definition) is 2. The molecule has 150 valence electrons. The third-order valence-electron chi connectivity index (χ3n) is 5.24. The zero-order valence-corrected chi connectivity index (χ0v) is 16.4. The summed E-state index contributed by atoms with van der Waals surface area (Å²) in [4.78, 5) is 23.4. The Kier molecular flexibility index (Phi) is 4.79. The molecule has 3 N–H and O–H groups in total. The topological polar surface area (TPSA) is 89.1 Å². The smallest absolute Gasteiger partial charge is 0.237 e. The van der Waals surface area contributed by atoms with Crippen molar-refractivity contribution in [2.24, 2.45) is 5.73 Å². The Bertz CT molecular complexity index is 1030. The third kappa shape index (κ3) is 3.36. The van der Waals surface area contributed by atoms with Crippen molar-refractivity contribution < 1.29 is 9.18 Å². The van der Waals surface area contributed by atoms with Crippen LogP contribution in [0.1, 0.15) is 19.7 Å². The average molecular weight is 394 g/mol. The van der Waals surface area contributed by atoms with E-state index in [2.05, 4.69) is 14.9 Å². The van der Waals surface area contributed by atoms with Crippen LogP contribution in [0.15, 0.2) is 48.7 Å². The first-order chi connectivity index (χ1) is 13.9. The molecule has 29 heavy (non-hydrogen) atoms. The van der Waals surface area contributed by atoms with E-state index in [0.29, 0.717) is 24.6 Å². The normalized spacial score (nSPS) is 15.1. The van der Waals surface area contributed by atoms with Gasteiger partial charge in [-0.25, -0.2) is 14.4 Å². The lowest BCUT2D eigenvalue weighted by Crippen LogP contribution is -2.53. The van der Waals surface area contributed by atoms with Crippen molar-refractivity contribution in [2.45, 2.75) is 25.9 Å². The number of nitrogens with zero attached hydrogens (tertiary/aromatic N) is 4. The molecule has 8 heteroatoms. The molecule has 0 bridgehead atoms. The lowest BCUT2D eigenvalue weighted by atomic mass is 9.99. The maximum atomic E-state index is 13.5. The van der Waals surface area contributed by atoms with E-state index in [9.17, 15) is 9.18 Å². The summed E-state index contributed by atoms with van der Waals surface area (Å²) < 4.78 is 15.5. The van der Waals surface area contributed by atoms with Crippen molar-refractivity contribution in [3.63, 3.8) is 0 Å². The summed E-state index contributed by atoms with van der Waals surface area (Å²) in [6.45, 7) is 4.95. The minimum atomic E-state index is -0.645. The van der Waals surface area contributed by atoms with Crippen molar-refractivity contribution >= 4 is 17.5 Å². The van der Waals surface area contributed by atoms with Crippen molar-refractivity contribution in [3.8, 4) is 11.3 Å². The van der Waals surface area contributed by atoms with Crippen LogP contribution < -0.4 is 11.1 Å². The summed E-state index contributed by atoms with van der Waals surface area (Å²) in [6, 6.07) is 11.8. The van der Waals surface area contributed by atoms with Crippen LogP contribution in [-0.2, 0) is 16.9 Å². The Labute approximate surface area is 168 Å². The third-order valence-corrected chi connectivity index (χ3v) is 5.24. The summed E-state index contributed by atoms with van der Waals surface area (Å²) in [5, 5.41) is 3.36. The summed E-state index contributed by atoms with van der Waals surface area (Å²) in [7, 11) is 0. The van der Waals surface area contributed by atoms with Gasteiger partial charge in [0.25, 0.3) is 0 Å². The molecule has 3 heterocycles. The molecule has 0 atom stereocenters. The number of hydrogen-bond acceptors (Lipinski definition) is 5. The lowest BCUT2D eigenvalue weighted by molar-refractivity contribution is -0.137. The minimum Gasteiger partial charge on any atom is -0.327 e. The SMILES string of the molecule is CC1(C)c2nc(-c3ccc(F)cc3)c(Nc3ccccn3)n2CCN1C(=O)CN. The Morgan fingerprint density at radius 3 is 2.62 bits per heavy atom. The summed E-state index contributed by atoms with van der Waals surface area (Å²) >= 11 is 0. The number of nitrogens with one attached hydrogen (secondary N) is 1. The van der Waals surface area contributed by atoms with Gasteiger partial charge in [-0.15, -0.1) is 0 Å². The van der Waals surface area contributed by atoms with Gasteiger partial charge in [-0.2, -0.15) is 0 Å². The standard InChI is InChI=1S/C21H23FN6O/c1-21(2)20-26-18(14-6-8-15(22)9-7-14)19(25-16-5-3-4-10-24-16)27(20)11-12-28(21)17(29)13-23/h3-10H,11-13,23H2,1-2H3,(H,24,25). The van der Waals surface area contributed by atoms with E-state index in [1.807, 2.05) is 32.0 Å². The number of rotatable bonds is 4. The highest BCUT2D eigenvalue weighted by atomic mass is 19.1. The molecule has 1 amide bonds. The summed E-state index contributed by atoms with van der Waals surface area (Å²) in [5.41, 5.74) is 6.42. The fourth-order valence-corrected chi connectivity index (χ4v) is 3.78. The number of pyridine rings is 1. The molecule has 0 saturated carbocycles. The molecular weight excluding hydrogens is 371 g/mol. The first-order valence-electron chi connectivity index (χ1n) is 9.47. The van der Waals surface area contributed by atoms with Crippen molar-refractivity contribution in [2.75, 3.05) is 18.4 Å². The highest BCUT2D eigenvalue weighted by molar-refractivity contribution is 5.80. The van der Waals surface area contributed by atoms with E-state index >= 15 is 0 Å². The number of amides is 1. The molecule has 0 fully saturated rings. The number of carbonyl (C=O) groups is 1. The van der Waals surface area contributed by atoms with Gasteiger partial charge in [0.1, 0.15) is 29.0 Å². The van der Waals surface area contributed by atoms with Gasteiger partial charge in [0.2, 0.25) is 5.91 Å². The Morgan fingerprint density at radius 2 is 1.97 bits per heavy atom. The Hall–Kier alpha value is -3.26. The lowest BCUT2D eigenvalue weighted by Gasteiger charge is -2.42. The number of carbonyl (C=O) groups excluding carboxylic acids is 1. The van der Waals surface area contributed by atoms with Gasteiger partial charge in [0.05, 0.1) is 12.1 Å². The van der Waals surface area contributed by atoms with Crippen LogP contribution in [0.2, 0.25) is 0 Å². The Morgan fingerprint density at radius 1 is 1.21 bits per heavy atom. The molecule has 0 saturated heterocycles. The highest BCUT2D eigenvalue weighted by Gasteiger charge is 2.41. The van der Waals surface area contributed by atoms with E-state index in [1.54, 1.807) is 23.2 Å². The summed E-state index contributed by atoms with van der Waals surface area (Å²) in [5.74, 6) is 1.75. The predicted octanol–water partition coefficient (Wildman–Crippen LogP) is 2.86. The van der Waals surface area contributed by atoms with Crippen LogP contribution >= 0.6 is 0 Å². The van der Waals surface area contributed by atoms with Gasteiger partial charge in [-0.05, 0) is 50.2 Å². The minimum absolute atomic E-state index is 0.0476. The fourth-order valence-electron chi connectivity index (χ4n) is 3.78. The molecule has 0 radical (unpaired) electrons. The maximum Gasteiger partial charge on any atom is 0.237 e. The van der Waals surface area contributed by atoms with Crippen molar-refractivity contribution in [1.82, 2.24) is 19.4 Å². The number of anilines is 2. The summed E-state index contributed by atoms with van der Waals surface area (Å²) in [6.07, 6.45) is 1.71. The van der Waals surface area contributed by atoms with Crippen LogP contribution in [0, 0.1) is 5.82 Å². The molecule has 7 nitrogen and oxygen atoms in total. The van der Waals surface area contributed by atoms with E-state index < -0.39 is 5.54 Å². The molecule has 0 spiro atoms. The van der Waals surface area contributed by atoms with Gasteiger partial charge in [-0.3, -0.25) is 4.79 Å². The average Bonchev–Trinajstić information content (AvgIpc) is 3.08. The molecule has 3 aromatic rings. The maximum absolute atomic E-state index is 13.5. The van der Waals surface area contributed by atoms with Crippen LogP contribution in [0.3, 0.4) is 0 Å². The van der Waals surface area contributed by atoms with Crippen LogP contribution in [0.5, 0.6) is 0 Å². The zero-order chi connectivity index (χ0) is 20.6. The zero-order valence-electron chi connectivity index (χ0n) is 16.4. The van der Waals surface area contributed by atoms with E-state index in [-0.39, 0.29) is 18.3 Å². The van der Waals surface area contributed by atoms with Gasteiger partial charge in [0, 0.05) is 24.8 Å². The largest absolute Gasteiger partial charge is 0.327 e. The van der Waals surface area contributed by atoms with Crippen molar-refractivity contribution in [1.29, 1.82) is 0 Å². The van der Waals surface area contributed by atoms with Gasteiger partial charge in [0.15, 0.2) is 0 Å². The molecule has 1 aliphatic rings. The van der Waals surface area contributed by atoms with Gasteiger partial charge in [-0.1, -0.05) is 6.07 Å². The first kappa shape index (κ1) is 19.1. The quantitative estimate of drug-likeness (QED) is 0.710. The first-order valence-corrected chi connectivity index (χ1v) is 9.47. The number of nitrogens with two attached hydrogens (primary N) is 1. The Balaban J connectivity index is 1.86. The van der Waals surface area contributed by atoms with Crippen LogP contribution in [0.25, 0.3) is 11.3 Å². The number of fused-ring (bicyclic) bond motifs is 1. The molecule has 0 unspecified atom stereocenters. The number of benzene rings is 1. The number of aromatic nitrogens is 3. The van der Waals surface area contributed by atoms with Crippen molar-refractivity contribution in [3.05, 3.63) is 60.3 Å². The molecule has 2 aromatic heterocycles. The molecule has 1 aliphatic heterocycles. The number of halogens is 1. The second-order valence-electron chi connectivity index (χ2n) is 7.44. The predicted molar refractivity (Wildman–Crippen MR) is 109 cm³/mol. The molecular formula is C21H23FN6O. The van der Waals surface area contributed by atoms with Gasteiger partial charge >= 0.3 is 0 Å². The second kappa shape index (κ2) is 7.29. The van der Waals surface area contributed by atoms with Crippen LogP contribution in [-0.4, -0.2) is 38.4 Å². The van der Waals surface area contributed by atoms with Gasteiger partial charge < -0.3 is 20.5 Å². The fraction of sp³-hybridized carbons (Fsp3) is 0.286. The van der Waals surface area contributed by atoms with Crippen LogP contribution in [0.4, 0.5) is 16.0 Å². The number of imidazole rings is 1. The van der Waals surface area contributed by atoms with E-state index in [0.717, 1.165) is 17.2 Å². The van der Waals surface area contributed by atoms with E-state index in [4.69, 9.17) is 10.7 Å². The molecule has 4 rings (SSSR count). The second-order valence-corrected chi connectivity index (χ2v) is 7.44. The molecule has 1 aromatic carbocycles.